The summed E-state index contributed by atoms with van der Waals surface area (Å²) in [6.45, 7) is 4.87. The van der Waals surface area contributed by atoms with Gasteiger partial charge in [-0.15, -0.1) is 0 Å². The van der Waals surface area contributed by atoms with Crippen molar-refractivity contribution in [2.75, 3.05) is 33.3 Å². The van der Waals surface area contributed by atoms with E-state index >= 15 is 0 Å². The van der Waals surface area contributed by atoms with Crippen LogP contribution in [0.15, 0.2) is 0 Å². The van der Waals surface area contributed by atoms with Crippen LogP contribution >= 0.6 is 0 Å². The number of aliphatic hydroxyl groups is 1. The van der Waals surface area contributed by atoms with Gasteiger partial charge in [0.2, 0.25) is 0 Å². The van der Waals surface area contributed by atoms with Crippen LogP contribution in [0, 0.1) is 11.8 Å². The first kappa shape index (κ1) is 14.8. The standard InChI is InChI=1S/C14H26N2O3/c1-10(17)12-5-13(15-6-11-3-4-11)8-16(7-12)9-14(18)19-2/h10-13,15,17H,3-9H2,1-2H3. The van der Waals surface area contributed by atoms with E-state index in [2.05, 4.69) is 10.2 Å². The average Bonchev–Trinajstić information content (AvgIpc) is 3.20. The fourth-order valence-electron chi connectivity index (χ4n) is 2.76. The fourth-order valence-corrected chi connectivity index (χ4v) is 2.76. The van der Waals surface area contributed by atoms with Crippen LogP contribution in [0.5, 0.6) is 0 Å². The van der Waals surface area contributed by atoms with Gasteiger partial charge in [0.25, 0.3) is 0 Å². The summed E-state index contributed by atoms with van der Waals surface area (Å²) in [5.74, 6) is 0.878. The monoisotopic (exact) mass is 270 g/mol. The molecule has 19 heavy (non-hydrogen) atoms. The molecule has 1 saturated heterocycles. The Morgan fingerprint density at radius 2 is 2.21 bits per heavy atom. The van der Waals surface area contributed by atoms with Crippen molar-refractivity contribution in [1.82, 2.24) is 10.2 Å². The molecule has 0 amide bonds. The lowest BCUT2D eigenvalue weighted by atomic mass is 9.90. The Kier molecular flexibility index (Phi) is 5.19. The summed E-state index contributed by atoms with van der Waals surface area (Å²) in [6, 6.07) is 0.374. The van der Waals surface area contributed by atoms with Crippen LogP contribution in [-0.2, 0) is 9.53 Å². The van der Waals surface area contributed by atoms with Gasteiger partial charge in [0, 0.05) is 19.1 Å². The van der Waals surface area contributed by atoms with Crippen LogP contribution in [0.3, 0.4) is 0 Å². The van der Waals surface area contributed by atoms with Crippen LogP contribution in [0.1, 0.15) is 26.2 Å². The molecule has 2 rings (SSSR count). The molecular formula is C14H26N2O3. The number of rotatable bonds is 6. The molecule has 1 saturated carbocycles. The maximum atomic E-state index is 11.4. The molecule has 0 bridgehead atoms. The summed E-state index contributed by atoms with van der Waals surface area (Å²) in [4.78, 5) is 13.5. The molecule has 5 nitrogen and oxygen atoms in total. The number of ether oxygens (including phenoxy) is 1. The second kappa shape index (κ2) is 6.68. The molecule has 1 aliphatic carbocycles. The average molecular weight is 270 g/mol. The highest BCUT2D eigenvalue weighted by Gasteiger charge is 2.31. The minimum atomic E-state index is -0.328. The Hall–Kier alpha value is -0.650. The van der Waals surface area contributed by atoms with Crippen LogP contribution < -0.4 is 5.32 Å². The third kappa shape index (κ3) is 4.75. The lowest BCUT2D eigenvalue weighted by Gasteiger charge is -2.38. The SMILES string of the molecule is COC(=O)CN1CC(NCC2CC2)CC(C(C)O)C1. The first-order valence-corrected chi connectivity index (χ1v) is 7.29. The Morgan fingerprint density at radius 3 is 2.79 bits per heavy atom. The molecule has 3 unspecified atom stereocenters. The molecule has 2 fully saturated rings. The van der Waals surface area contributed by atoms with E-state index in [4.69, 9.17) is 4.74 Å². The zero-order valence-electron chi connectivity index (χ0n) is 12.0. The van der Waals surface area contributed by atoms with E-state index in [0.29, 0.717) is 12.6 Å². The minimum absolute atomic E-state index is 0.202. The summed E-state index contributed by atoms with van der Waals surface area (Å²) in [5, 5.41) is 13.4. The third-order valence-electron chi connectivity index (χ3n) is 4.21. The molecule has 3 atom stereocenters. The van der Waals surface area contributed by atoms with Crippen molar-refractivity contribution in [2.24, 2.45) is 11.8 Å². The van der Waals surface area contributed by atoms with Gasteiger partial charge in [-0.05, 0) is 44.6 Å². The summed E-state index contributed by atoms with van der Waals surface area (Å²) < 4.78 is 4.73. The van der Waals surface area contributed by atoms with Crippen molar-refractivity contribution < 1.29 is 14.6 Å². The molecule has 0 spiro atoms. The van der Waals surface area contributed by atoms with E-state index < -0.39 is 0 Å². The number of nitrogens with zero attached hydrogens (tertiary/aromatic N) is 1. The lowest BCUT2D eigenvalue weighted by Crippen LogP contribution is -2.52. The molecule has 110 valence electrons. The van der Waals surface area contributed by atoms with Crippen LogP contribution in [-0.4, -0.2) is 61.4 Å². The number of carbonyl (C=O) groups is 1. The lowest BCUT2D eigenvalue weighted by molar-refractivity contribution is -0.142. The Morgan fingerprint density at radius 1 is 1.47 bits per heavy atom. The predicted octanol–water partition coefficient (Wildman–Crippen LogP) is 0.230. The minimum Gasteiger partial charge on any atom is -0.468 e. The number of hydrogen-bond acceptors (Lipinski definition) is 5. The second-order valence-corrected chi connectivity index (χ2v) is 6.06. The van der Waals surface area contributed by atoms with Gasteiger partial charge >= 0.3 is 5.97 Å². The Labute approximate surface area is 115 Å². The number of aliphatic hydroxyl groups excluding tert-OH is 1. The van der Waals surface area contributed by atoms with Crippen molar-refractivity contribution in [3.8, 4) is 0 Å². The summed E-state index contributed by atoms with van der Waals surface area (Å²) in [5.41, 5.74) is 0. The normalized spacial score (nSPS) is 30.1. The van der Waals surface area contributed by atoms with Crippen LogP contribution in [0.4, 0.5) is 0 Å². The van der Waals surface area contributed by atoms with Gasteiger partial charge in [-0.25, -0.2) is 0 Å². The van der Waals surface area contributed by atoms with E-state index in [0.717, 1.165) is 32.0 Å². The molecule has 0 aromatic rings. The molecule has 0 radical (unpaired) electrons. The molecule has 2 aliphatic rings. The van der Waals surface area contributed by atoms with Crippen molar-refractivity contribution >= 4 is 5.97 Å². The number of piperidine rings is 1. The van der Waals surface area contributed by atoms with Gasteiger partial charge < -0.3 is 15.2 Å². The van der Waals surface area contributed by atoms with E-state index in [1.807, 2.05) is 6.92 Å². The Balaban J connectivity index is 1.85. The van der Waals surface area contributed by atoms with E-state index in [1.165, 1.54) is 20.0 Å². The second-order valence-electron chi connectivity index (χ2n) is 6.06. The third-order valence-corrected chi connectivity index (χ3v) is 4.21. The van der Waals surface area contributed by atoms with Crippen molar-refractivity contribution in [1.29, 1.82) is 0 Å². The molecular weight excluding hydrogens is 244 g/mol. The van der Waals surface area contributed by atoms with Gasteiger partial charge in [-0.2, -0.15) is 0 Å². The van der Waals surface area contributed by atoms with Gasteiger partial charge in [0.05, 0.1) is 19.8 Å². The fraction of sp³-hybridized carbons (Fsp3) is 0.929. The smallest absolute Gasteiger partial charge is 0.319 e. The van der Waals surface area contributed by atoms with Crippen LogP contribution in [0.25, 0.3) is 0 Å². The molecule has 0 aromatic carbocycles. The predicted molar refractivity (Wildman–Crippen MR) is 72.8 cm³/mol. The number of likely N-dealkylation sites (tertiary alicyclic amines) is 1. The zero-order valence-corrected chi connectivity index (χ0v) is 12.0. The van der Waals surface area contributed by atoms with Crippen molar-refractivity contribution in [3.63, 3.8) is 0 Å². The molecule has 0 aromatic heterocycles. The first-order chi connectivity index (χ1) is 9.08. The number of carbonyl (C=O) groups excluding carboxylic acids is 1. The van der Waals surface area contributed by atoms with Gasteiger partial charge in [0.1, 0.15) is 0 Å². The molecule has 5 heteroatoms. The maximum absolute atomic E-state index is 11.4. The zero-order chi connectivity index (χ0) is 13.8. The van der Waals surface area contributed by atoms with Gasteiger partial charge in [-0.1, -0.05) is 0 Å². The molecule has 1 heterocycles. The quantitative estimate of drug-likeness (QED) is 0.677. The molecule has 1 aliphatic heterocycles. The van der Waals surface area contributed by atoms with E-state index in [9.17, 15) is 9.90 Å². The number of methoxy groups -OCH3 is 1. The van der Waals surface area contributed by atoms with E-state index in [1.54, 1.807) is 0 Å². The maximum Gasteiger partial charge on any atom is 0.319 e. The summed E-state index contributed by atoms with van der Waals surface area (Å²) in [6.07, 6.45) is 3.34. The highest BCUT2D eigenvalue weighted by atomic mass is 16.5. The largest absolute Gasteiger partial charge is 0.468 e. The number of hydrogen-bond donors (Lipinski definition) is 2. The van der Waals surface area contributed by atoms with Gasteiger partial charge in [0.15, 0.2) is 0 Å². The highest BCUT2D eigenvalue weighted by Crippen LogP contribution is 2.28. The van der Waals surface area contributed by atoms with E-state index in [-0.39, 0.29) is 18.0 Å². The topological polar surface area (TPSA) is 61.8 Å². The van der Waals surface area contributed by atoms with Crippen LogP contribution in [0.2, 0.25) is 0 Å². The highest BCUT2D eigenvalue weighted by molar-refractivity contribution is 5.71. The summed E-state index contributed by atoms with van der Waals surface area (Å²) in [7, 11) is 1.42. The Bertz CT molecular complexity index is 305. The van der Waals surface area contributed by atoms with Crippen molar-refractivity contribution in [3.05, 3.63) is 0 Å². The number of esters is 1. The first-order valence-electron chi connectivity index (χ1n) is 7.29. The molecule has 2 N–H and O–H groups in total. The van der Waals surface area contributed by atoms with Crippen molar-refractivity contribution in [2.45, 2.75) is 38.3 Å². The summed E-state index contributed by atoms with van der Waals surface area (Å²) >= 11 is 0. The van der Waals surface area contributed by atoms with Gasteiger partial charge in [-0.3, -0.25) is 9.69 Å². The number of nitrogens with one attached hydrogen (secondary N) is 1.